The van der Waals surface area contributed by atoms with Crippen LogP contribution in [0.5, 0.6) is 0 Å². The van der Waals surface area contributed by atoms with Crippen molar-refractivity contribution in [1.29, 1.82) is 0 Å². The first-order valence-corrected chi connectivity index (χ1v) is 6.40. The van der Waals surface area contributed by atoms with Gasteiger partial charge in [-0.3, -0.25) is 0 Å². The van der Waals surface area contributed by atoms with Crippen molar-refractivity contribution in [3.8, 4) is 0 Å². The maximum absolute atomic E-state index is 5.70. The quantitative estimate of drug-likeness (QED) is 0.735. The minimum atomic E-state index is 0.253. The summed E-state index contributed by atoms with van der Waals surface area (Å²) in [6.07, 6.45) is 3.62. The monoisotopic (exact) mass is 251 g/mol. The molecule has 6 heteroatoms. The lowest BCUT2D eigenvalue weighted by molar-refractivity contribution is 0.101. The number of aromatic nitrogens is 2. The second kappa shape index (κ2) is 5.86. The number of anilines is 3. The average Bonchev–Trinajstić information content (AvgIpc) is 2.76. The van der Waals surface area contributed by atoms with Crippen molar-refractivity contribution < 1.29 is 4.74 Å². The van der Waals surface area contributed by atoms with Crippen molar-refractivity contribution >= 4 is 17.6 Å². The molecule has 0 radical (unpaired) electrons. The number of hydrogen-bond donors (Lipinski definition) is 3. The molecular formula is C12H21N5O. The van der Waals surface area contributed by atoms with Crippen LogP contribution in [0.4, 0.5) is 17.6 Å². The summed E-state index contributed by atoms with van der Waals surface area (Å²) in [5.74, 6) is 1.79. The fraction of sp³-hybridized carbons (Fsp3) is 0.667. The minimum Gasteiger partial charge on any atom is -0.379 e. The third kappa shape index (κ3) is 3.01. The molecule has 1 aliphatic rings. The Hall–Kier alpha value is -1.56. The predicted molar refractivity (Wildman–Crippen MR) is 72.7 cm³/mol. The topological polar surface area (TPSA) is 85.1 Å². The van der Waals surface area contributed by atoms with E-state index in [4.69, 9.17) is 10.5 Å². The fourth-order valence-corrected chi connectivity index (χ4v) is 2.37. The largest absolute Gasteiger partial charge is 0.379 e. The van der Waals surface area contributed by atoms with Crippen LogP contribution in [0.1, 0.15) is 26.2 Å². The molecule has 2 rings (SSSR count). The van der Waals surface area contributed by atoms with Gasteiger partial charge in [0.2, 0.25) is 5.95 Å². The van der Waals surface area contributed by atoms with Gasteiger partial charge in [0.1, 0.15) is 11.6 Å². The number of nitrogens with zero attached hydrogens (tertiary/aromatic N) is 2. The molecule has 2 unspecified atom stereocenters. The van der Waals surface area contributed by atoms with Gasteiger partial charge >= 0.3 is 0 Å². The molecule has 0 saturated heterocycles. The van der Waals surface area contributed by atoms with E-state index in [0.717, 1.165) is 31.0 Å². The van der Waals surface area contributed by atoms with E-state index in [-0.39, 0.29) is 12.1 Å². The van der Waals surface area contributed by atoms with E-state index in [1.807, 2.05) is 13.0 Å². The summed E-state index contributed by atoms with van der Waals surface area (Å²) in [6, 6.07) is 2.18. The number of ether oxygens (including phenoxy) is 1. The molecular weight excluding hydrogens is 230 g/mol. The molecule has 1 heterocycles. The summed E-state index contributed by atoms with van der Waals surface area (Å²) in [5.41, 5.74) is 5.70. The normalized spacial score (nSPS) is 23.0. The van der Waals surface area contributed by atoms with Gasteiger partial charge in [0.05, 0.1) is 12.1 Å². The molecule has 1 aromatic heterocycles. The Labute approximate surface area is 107 Å². The van der Waals surface area contributed by atoms with Crippen LogP contribution in [0.25, 0.3) is 0 Å². The van der Waals surface area contributed by atoms with Crippen molar-refractivity contribution in [3.63, 3.8) is 0 Å². The zero-order valence-electron chi connectivity index (χ0n) is 10.9. The molecule has 0 amide bonds. The van der Waals surface area contributed by atoms with Gasteiger partial charge in [-0.1, -0.05) is 0 Å². The second-order valence-electron chi connectivity index (χ2n) is 4.48. The van der Waals surface area contributed by atoms with Crippen LogP contribution in [-0.2, 0) is 4.74 Å². The SMILES string of the molecule is CCNc1cc(NC2CCCC2OC)nc(N)n1. The first-order chi connectivity index (χ1) is 8.72. The van der Waals surface area contributed by atoms with Crippen LogP contribution in [-0.4, -0.2) is 35.8 Å². The first kappa shape index (κ1) is 12.9. The van der Waals surface area contributed by atoms with Crippen LogP contribution >= 0.6 is 0 Å². The summed E-state index contributed by atoms with van der Waals surface area (Å²) in [7, 11) is 1.75. The van der Waals surface area contributed by atoms with E-state index in [1.54, 1.807) is 7.11 Å². The summed E-state index contributed by atoms with van der Waals surface area (Å²) in [6.45, 7) is 2.82. The van der Waals surface area contributed by atoms with Gasteiger partial charge in [-0.15, -0.1) is 0 Å². The molecule has 0 spiro atoms. The standard InChI is InChI=1S/C12H21N5O/c1-3-14-10-7-11(17-12(13)16-10)15-8-5-4-6-9(8)18-2/h7-9H,3-6H2,1-2H3,(H4,13,14,15,16,17). The summed E-state index contributed by atoms with van der Waals surface area (Å²) < 4.78 is 5.45. The van der Waals surface area contributed by atoms with E-state index in [1.165, 1.54) is 6.42 Å². The van der Waals surface area contributed by atoms with Gasteiger partial charge in [0, 0.05) is 19.7 Å². The molecule has 4 N–H and O–H groups in total. The Balaban J connectivity index is 2.08. The van der Waals surface area contributed by atoms with Gasteiger partial charge in [0.15, 0.2) is 0 Å². The minimum absolute atomic E-state index is 0.253. The highest BCUT2D eigenvalue weighted by Crippen LogP contribution is 2.25. The van der Waals surface area contributed by atoms with E-state index >= 15 is 0 Å². The lowest BCUT2D eigenvalue weighted by Crippen LogP contribution is -2.30. The van der Waals surface area contributed by atoms with Crippen LogP contribution < -0.4 is 16.4 Å². The number of nitrogen functional groups attached to an aromatic ring is 1. The van der Waals surface area contributed by atoms with Crippen LogP contribution in [0.3, 0.4) is 0 Å². The maximum Gasteiger partial charge on any atom is 0.223 e. The summed E-state index contributed by atoms with van der Waals surface area (Å²) in [4.78, 5) is 8.33. The van der Waals surface area contributed by atoms with Gasteiger partial charge < -0.3 is 21.1 Å². The predicted octanol–water partition coefficient (Wildman–Crippen LogP) is 1.47. The van der Waals surface area contributed by atoms with Crippen molar-refractivity contribution in [1.82, 2.24) is 9.97 Å². The van der Waals surface area contributed by atoms with E-state index < -0.39 is 0 Å². The molecule has 1 fully saturated rings. The van der Waals surface area contributed by atoms with Gasteiger partial charge in [0.25, 0.3) is 0 Å². The molecule has 6 nitrogen and oxygen atoms in total. The molecule has 1 aliphatic carbocycles. The number of rotatable bonds is 5. The van der Waals surface area contributed by atoms with E-state index in [9.17, 15) is 0 Å². The first-order valence-electron chi connectivity index (χ1n) is 6.40. The van der Waals surface area contributed by atoms with Crippen LogP contribution in [0.15, 0.2) is 6.07 Å². The Bertz CT molecular complexity index is 398. The number of hydrogen-bond acceptors (Lipinski definition) is 6. The lowest BCUT2D eigenvalue weighted by atomic mass is 10.2. The Morgan fingerprint density at radius 1 is 1.39 bits per heavy atom. The third-order valence-electron chi connectivity index (χ3n) is 3.19. The van der Waals surface area contributed by atoms with Crippen molar-refractivity contribution in [2.24, 2.45) is 0 Å². The Morgan fingerprint density at radius 3 is 2.89 bits per heavy atom. The highest BCUT2D eigenvalue weighted by Gasteiger charge is 2.27. The smallest absolute Gasteiger partial charge is 0.223 e. The van der Waals surface area contributed by atoms with Crippen LogP contribution in [0, 0.1) is 0 Å². The number of nitrogens with two attached hydrogens (primary N) is 1. The molecule has 1 aromatic rings. The summed E-state index contributed by atoms with van der Waals surface area (Å²) >= 11 is 0. The molecule has 0 bridgehead atoms. The molecule has 1 saturated carbocycles. The highest BCUT2D eigenvalue weighted by atomic mass is 16.5. The third-order valence-corrected chi connectivity index (χ3v) is 3.19. The zero-order chi connectivity index (χ0) is 13.0. The van der Waals surface area contributed by atoms with Crippen molar-refractivity contribution in [2.45, 2.75) is 38.3 Å². The summed E-state index contributed by atoms with van der Waals surface area (Å²) in [5, 5.41) is 6.52. The average molecular weight is 251 g/mol. The van der Waals surface area contributed by atoms with Crippen molar-refractivity contribution in [2.75, 3.05) is 30.0 Å². The maximum atomic E-state index is 5.70. The van der Waals surface area contributed by atoms with Crippen molar-refractivity contribution in [3.05, 3.63) is 6.07 Å². The number of methoxy groups -OCH3 is 1. The molecule has 18 heavy (non-hydrogen) atoms. The van der Waals surface area contributed by atoms with E-state index in [2.05, 4.69) is 20.6 Å². The van der Waals surface area contributed by atoms with Gasteiger partial charge in [-0.05, 0) is 26.2 Å². The molecule has 0 aromatic carbocycles. The second-order valence-corrected chi connectivity index (χ2v) is 4.48. The van der Waals surface area contributed by atoms with Crippen LogP contribution in [0.2, 0.25) is 0 Å². The molecule has 0 aliphatic heterocycles. The molecule has 2 atom stereocenters. The van der Waals surface area contributed by atoms with E-state index in [0.29, 0.717) is 6.04 Å². The number of nitrogens with one attached hydrogen (secondary N) is 2. The molecule has 100 valence electrons. The highest BCUT2D eigenvalue weighted by molar-refractivity contribution is 5.51. The van der Waals surface area contributed by atoms with Gasteiger partial charge in [-0.2, -0.15) is 9.97 Å². The fourth-order valence-electron chi connectivity index (χ4n) is 2.37. The Morgan fingerprint density at radius 2 is 2.17 bits per heavy atom. The Kier molecular flexibility index (Phi) is 4.19. The van der Waals surface area contributed by atoms with Gasteiger partial charge in [-0.25, -0.2) is 0 Å². The zero-order valence-corrected chi connectivity index (χ0v) is 10.9. The lowest BCUT2D eigenvalue weighted by Gasteiger charge is -2.20.